The van der Waals surface area contributed by atoms with E-state index in [4.69, 9.17) is 0 Å². The summed E-state index contributed by atoms with van der Waals surface area (Å²) in [6.07, 6.45) is 0. The molecule has 0 aliphatic carbocycles. The fourth-order valence-electron chi connectivity index (χ4n) is 0.948. The number of hydrogen-bond acceptors (Lipinski definition) is 4. The van der Waals surface area contributed by atoms with Crippen LogP contribution in [0.5, 0.6) is 0 Å². The topological polar surface area (TPSA) is 66.4 Å². The number of carboxylic acids is 1. The second-order valence-electron chi connectivity index (χ2n) is 3.19. The number of carbonyl (C=O) groups is 2. The molecule has 1 aromatic carbocycles. The number of benzene rings is 1. The highest BCUT2D eigenvalue weighted by Crippen LogP contribution is 2.16. The molecule has 0 saturated heterocycles. The van der Waals surface area contributed by atoms with Gasteiger partial charge >= 0.3 is 11.9 Å². The molecule has 0 spiro atoms. The summed E-state index contributed by atoms with van der Waals surface area (Å²) < 4.78 is 42.9. The number of carbonyl (C=O) groups excluding carboxylic acids is 2. The number of aliphatic carboxylic acids is 1. The van der Waals surface area contributed by atoms with Crippen LogP contribution in [0.1, 0.15) is 10.4 Å². The first-order valence-electron chi connectivity index (χ1n) is 4.45. The van der Waals surface area contributed by atoms with Crippen LogP contribution in [0, 0.1) is 9.39 Å². The van der Waals surface area contributed by atoms with Crippen molar-refractivity contribution >= 4 is 34.5 Å². The van der Waals surface area contributed by atoms with Crippen molar-refractivity contribution < 1.29 is 32.6 Å². The first kappa shape index (κ1) is 14.7. The quantitative estimate of drug-likeness (QED) is 0.583. The van der Waals surface area contributed by atoms with E-state index in [0.717, 1.165) is 12.1 Å². The van der Waals surface area contributed by atoms with E-state index in [9.17, 15) is 27.9 Å². The van der Waals surface area contributed by atoms with E-state index >= 15 is 0 Å². The Labute approximate surface area is 113 Å². The van der Waals surface area contributed by atoms with Gasteiger partial charge in [-0.2, -0.15) is 8.78 Å². The van der Waals surface area contributed by atoms with Gasteiger partial charge in [0, 0.05) is 3.57 Å². The normalized spacial score (nSPS) is 11.1. The van der Waals surface area contributed by atoms with Crippen molar-refractivity contribution in [1.29, 1.82) is 0 Å². The average Bonchev–Trinajstić information content (AvgIpc) is 2.25. The maximum atomic E-state index is 13.3. The summed E-state index contributed by atoms with van der Waals surface area (Å²) in [5, 5.41) is 9.95. The maximum Gasteiger partial charge on any atom is 0.341 e. The predicted octanol–water partition coefficient (Wildman–Crippen LogP) is 0.972. The number of alkyl halides is 2. The van der Waals surface area contributed by atoms with E-state index in [2.05, 4.69) is 4.74 Å². The molecule has 0 saturated carbocycles. The van der Waals surface area contributed by atoms with Crippen molar-refractivity contribution in [3.63, 3.8) is 0 Å². The van der Waals surface area contributed by atoms with E-state index in [1.807, 2.05) is 0 Å². The lowest BCUT2D eigenvalue weighted by atomic mass is 10.2. The largest absolute Gasteiger partial charge is 0.544 e. The van der Waals surface area contributed by atoms with E-state index in [1.165, 1.54) is 6.07 Å². The smallest absolute Gasteiger partial charge is 0.341 e. The number of hydrogen-bond donors (Lipinski definition) is 0. The van der Waals surface area contributed by atoms with E-state index < -0.39 is 35.8 Å². The molecular weight excluding hydrogens is 368 g/mol. The Balaban J connectivity index is 2.75. The lowest BCUT2D eigenvalue weighted by Crippen LogP contribution is -2.45. The second-order valence-corrected chi connectivity index (χ2v) is 4.44. The number of esters is 1. The highest BCUT2D eigenvalue weighted by molar-refractivity contribution is 14.1. The third kappa shape index (κ3) is 3.59. The van der Waals surface area contributed by atoms with Crippen molar-refractivity contribution in [2.24, 2.45) is 0 Å². The van der Waals surface area contributed by atoms with Gasteiger partial charge in [-0.25, -0.2) is 9.18 Å². The molecule has 98 valence electrons. The first-order chi connectivity index (χ1) is 8.24. The molecule has 0 N–H and O–H groups in total. The van der Waals surface area contributed by atoms with Crippen molar-refractivity contribution in [2.75, 3.05) is 6.61 Å². The Hall–Kier alpha value is -1.32. The third-order valence-corrected chi connectivity index (χ3v) is 2.51. The van der Waals surface area contributed by atoms with E-state index in [1.54, 1.807) is 22.6 Å². The molecule has 0 aliphatic heterocycles. The summed E-state index contributed by atoms with van der Waals surface area (Å²) in [4.78, 5) is 21.2. The molecule has 1 rings (SSSR count). The van der Waals surface area contributed by atoms with Gasteiger partial charge in [0.2, 0.25) is 0 Å². The van der Waals surface area contributed by atoms with Gasteiger partial charge < -0.3 is 14.6 Å². The van der Waals surface area contributed by atoms with Gasteiger partial charge in [0.05, 0.1) is 5.56 Å². The van der Waals surface area contributed by atoms with Gasteiger partial charge in [0.1, 0.15) is 11.8 Å². The van der Waals surface area contributed by atoms with Crippen molar-refractivity contribution in [2.45, 2.75) is 5.92 Å². The van der Waals surface area contributed by atoms with Crippen LogP contribution in [-0.2, 0) is 9.53 Å². The molecule has 0 heterocycles. The van der Waals surface area contributed by atoms with Gasteiger partial charge in [0.15, 0.2) is 6.61 Å². The van der Waals surface area contributed by atoms with Crippen LogP contribution in [-0.4, -0.2) is 24.5 Å². The molecule has 18 heavy (non-hydrogen) atoms. The summed E-state index contributed by atoms with van der Waals surface area (Å²) in [7, 11) is 0. The van der Waals surface area contributed by atoms with Crippen molar-refractivity contribution in [3.05, 3.63) is 33.1 Å². The molecule has 0 atom stereocenters. The van der Waals surface area contributed by atoms with Crippen LogP contribution in [0.2, 0.25) is 0 Å². The Morgan fingerprint density at radius 2 is 2.00 bits per heavy atom. The minimum atomic E-state index is -4.31. The van der Waals surface area contributed by atoms with Gasteiger partial charge in [-0.1, -0.05) is 0 Å². The van der Waals surface area contributed by atoms with Gasteiger partial charge in [-0.05, 0) is 40.8 Å². The molecule has 0 bridgehead atoms. The minimum Gasteiger partial charge on any atom is -0.544 e. The predicted molar refractivity (Wildman–Crippen MR) is 59.4 cm³/mol. The molecule has 0 fully saturated rings. The van der Waals surface area contributed by atoms with Crippen LogP contribution < -0.4 is 5.11 Å². The molecule has 1 aromatic rings. The number of rotatable bonds is 4. The summed E-state index contributed by atoms with van der Waals surface area (Å²) >= 11 is 1.79. The Bertz CT molecular complexity index is 490. The zero-order chi connectivity index (χ0) is 13.9. The second kappa shape index (κ2) is 5.55. The molecule has 0 aliphatic rings. The zero-order valence-electron chi connectivity index (χ0n) is 8.58. The Kier molecular flexibility index (Phi) is 4.54. The molecule has 0 aromatic heterocycles. The summed E-state index contributed by atoms with van der Waals surface area (Å²) in [5.74, 6) is -9.29. The van der Waals surface area contributed by atoms with Gasteiger partial charge in [-0.3, -0.25) is 0 Å². The van der Waals surface area contributed by atoms with Crippen LogP contribution in [0.3, 0.4) is 0 Å². The number of carboxylic acid groups (broad SMARTS) is 1. The molecule has 0 radical (unpaired) electrons. The standard InChI is InChI=1S/C10H6F3IO4/c11-7-3-5(14)1-2-6(7)8(15)18-4-10(12,13)9(16)17/h1-3H,4H2,(H,16,17)/p-1. The van der Waals surface area contributed by atoms with Crippen molar-refractivity contribution in [3.8, 4) is 0 Å². The Morgan fingerprint density at radius 1 is 1.39 bits per heavy atom. The average molecular weight is 373 g/mol. The first-order valence-corrected chi connectivity index (χ1v) is 5.53. The van der Waals surface area contributed by atoms with E-state index in [-0.39, 0.29) is 0 Å². The monoisotopic (exact) mass is 373 g/mol. The summed E-state index contributed by atoms with van der Waals surface area (Å²) in [5.41, 5.74) is -0.551. The highest BCUT2D eigenvalue weighted by Gasteiger charge is 2.33. The van der Waals surface area contributed by atoms with Crippen LogP contribution in [0.15, 0.2) is 18.2 Å². The lowest BCUT2D eigenvalue weighted by molar-refractivity contribution is -0.331. The van der Waals surface area contributed by atoms with Crippen LogP contribution >= 0.6 is 22.6 Å². The third-order valence-electron chi connectivity index (χ3n) is 1.83. The Morgan fingerprint density at radius 3 is 2.50 bits per heavy atom. The maximum absolute atomic E-state index is 13.3. The van der Waals surface area contributed by atoms with Crippen LogP contribution in [0.4, 0.5) is 13.2 Å². The molecule has 8 heteroatoms. The fraction of sp³-hybridized carbons (Fsp3) is 0.200. The minimum absolute atomic E-state index is 0.502. The highest BCUT2D eigenvalue weighted by atomic mass is 127. The van der Waals surface area contributed by atoms with Gasteiger partial charge in [0.25, 0.3) is 0 Å². The molecule has 4 nitrogen and oxygen atoms in total. The molecule has 0 unspecified atom stereocenters. The summed E-state index contributed by atoms with van der Waals surface area (Å²) in [6, 6.07) is 3.43. The number of ether oxygens (including phenoxy) is 1. The number of halogens is 4. The molecular formula is C10H5F3IO4-. The SMILES string of the molecule is O=C(OCC(F)(F)C(=O)[O-])c1ccc(I)cc1F. The lowest BCUT2D eigenvalue weighted by Gasteiger charge is -2.16. The summed E-state index contributed by atoms with van der Waals surface area (Å²) in [6.45, 7) is -1.71. The zero-order valence-corrected chi connectivity index (χ0v) is 10.7. The fourth-order valence-corrected chi connectivity index (χ4v) is 1.40. The molecule has 0 amide bonds. The van der Waals surface area contributed by atoms with Crippen LogP contribution in [0.25, 0.3) is 0 Å². The van der Waals surface area contributed by atoms with Gasteiger partial charge in [-0.15, -0.1) is 0 Å². The van der Waals surface area contributed by atoms with Crippen molar-refractivity contribution in [1.82, 2.24) is 0 Å². The van der Waals surface area contributed by atoms with E-state index in [0.29, 0.717) is 3.57 Å².